The average Bonchev–Trinajstić information content (AvgIpc) is 3.63. The molecule has 1 radical (unpaired) electrons. The molecule has 0 unspecified atom stereocenters. The van der Waals surface area contributed by atoms with Gasteiger partial charge in [-0.1, -0.05) is 114 Å². The van der Waals surface area contributed by atoms with Crippen LogP contribution in [-0.2, 0) is 25.5 Å². The molecule has 7 aromatic rings. The van der Waals surface area contributed by atoms with Crippen molar-refractivity contribution < 1.29 is 20.1 Å². The van der Waals surface area contributed by atoms with Gasteiger partial charge < -0.3 is 0 Å². The van der Waals surface area contributed by atoms with Crippen LogP contribution in [0.2, 0.25) is 0 Å². The van der Waals surface area contributed by atoms with Gasteiger partial charge in [0.15, 0.2) is 5.82 Å². The third-order valence-electron chi connectivity index (χ3n) is 9.57. The molecule has 1 aliphatic carbocycles. The van der Waals surface area contributed by atoms with E-state index in [0.717, 1.165) is 33.8 Å². The smallest absolute Gasteiger partial charge is 0.171 e. The zero-order valence-electron chi connectivity index (χ0n) is 27.8. The SMILES string of the molecule is Cc1cc(C)cc(-c2nc(-c3[c-]ccc(C4(c5ccccc5)c5ccccc5-c5ccccc54)c3)n(-c3c(C)cc(C)cc3C)n2)c1.[Ir]. The Morgan fingerprint density at radius 3 is 1.77 bits per heavy atom. The molecular weight excluding hydrogens is 763 g/mol. The number of benzene rings is 6. The summed E-state index contributed by atoms with van der Waals surface area (Å²) in [4.78, 5) is 5.29. The first-order valence-corrected chi connectivity index (χ1v) is 16.3. The Hall–Kier alpha value is -4.89. The molecular formula is C44H36IrN3-. The first-order valence-electron chi connectivity index (χ1n) is 16.3. The van der Waals surface area contributed by atoms with Gasteiger partial charge in [-0.25, -0.2) is 0 Å². The van der Waals surface area contributed by atoms with E-state index in [1.54, 1.807) is 0 Å². The minimum absolute atomic E-state index is 0. The van der Waals surface area contributed by atoms with Crippen LogP contribution in [0.3, 0.4) is 0 Å². The molecule has 4 heteroatoms. The van der Waals surface area contributed by atoms with Crippen LogP contribution in [-0.4, -0.2) is 14.8 Å². The van der Waals surface area contributed by atoms with Crippen LogP contribution in [0, 0.1) is 40.7 Å². The Labute approximate surface area is 296 Å². The second kappa shape index (κ2) is 12.3. The molecule has 1 aromatic heterocycles. The van der Waals surface area contributed by atoms with E-state index in [-0.39, 0.29) is 20.1 Å². The number of aryl methyl sites for hydroxylation is 5. The summed E-state index contributed by atoms with van der Waals surface area (Å²) < 4.78 is 2.04. The quantitative estimate of drug-likeness (QED) is 0.162. The van der Waals surface area contributed by atoms with Crippen molar-refractivity contribution in [1.29, 1.82) is 0 Å². The first kappa shape index (κ1) is 31.7. The number of aromatic nitrogens is 3. The van der Waals surface area contributed by atoms with Gasteiger partial charge in [0, 0.05) is 25.7 Å². The van der Waals surface area contributed by atoms with Gasteiger partial charge in [-0.05, 0) is 85.7 Å². The first-order chi connectivity index (χ1) is 22.8. The third kappa shape index (κ3) is 4.99. The van der Waals surface area contributed by atoms with Gasteiger partial charge >= 0.3 is 0 Å². The summed E-state index contributed by atoms with van der Waals surface area (Å²) in [5.74, 6) is 1.48. The summed E-state index contributed by atoms with van der Waals surface area (Å²) in [6.45, 7) is 10.7. The van der Waals surface area contributed by atoms with Gasteiger partial charge in [0.05, 0.1) is 16.9 Å². The number of fused-ring (bicyclic) bond motifs is 3. The van der Waals surface area contributed by atoms with E-state index in [2.05, 4.69) is 168 Å². The summed E-state index contributed by atoms with van der Waals surface area (Å²) in [5.41, 5.74) is 15.9. The molecule has 0 atom stereocenters. The van der Waals surface area contributed by atoms with E-state index in [1.807, 2.05) is 4.68 Å². The average molecular weight is 799 g/mol. The molecule has 0 N–H and O–H groups in total. The fraction of sp³-hybridized carbons (Fsp3) is 0.136. The van der Waals surface area contributed by atoms with Gasteiger partial charge in [-0.3, -0.25) is 9.67 Å². The van der Waals surface area contributed by atoms with Gasteiger partial charge in [0.25, 0.3) is 0 Å². The molecule has 3 nitrogen and oxygen atoms in total. The Morgan fingerprint density at radius 2 is 1.15 bits per heavy atom. The molecule has 48 heavy (non-hydrogen) atoms. The van der Waals surface area contributed by atoms with E-state index in [4.69, 9.17) is 10.1 Å². The third-order valence-corrected chi connectivity index (χ3v) is 9.57. The van der Waals surface area contributed by atoms with Crippen molar-refractivity contribution in [3.63, 3.8) is 0 Å². The summed E-state index contributed by atoms with van der Waals surface area (Å²) in [6, 6.07) is 49.7. The maximum Gasteiger partial charge on any atom is 0.171 e. The van der Waals surface area contributed by atoms with Crippen molar-refractivity contribution in [2.45, 2.75) is 40.0 Å². The maximum atomic E-state index is 5.29. The molecule has 0 fully saturated rings. The summed E-state index contributed by atoms with van der Waals surface area (Å²) in [5, 5.41) is 5.22. The van der Waals surface area contributed by atoms with E-state index in [9.17, 15) is 0 Å². The van der Waals surface area contributed by atoms with Crippen LogP contribution in [0.1, 0.15) is 50.1 Å². The number of hydrogen-bond donors (Lipinski definition) is 0. The largest absolute Gasteiger partial charge is 0.257 e. The van der Waals surface area contributed by atoms with Crippen molar-refractivity contribution >= 4 is 0 Å². The molecule has 0 amide bonds. The van der Waals surface area contributed by atoms with E-state index >= 15 is 0 Å². The normalized spacial score (nSPS) is 12.7. The zero-order chi connectivity index (χ0) is 32.3. The number of hydrogen-bond acceptors (Lipinski definition) is 2. The molecule has 0 bridgehead atoms. The van der Waals surface area contributed by atoms with Crippen molar-refractivity contribution in [2.75, 3.05) is 0 Å². The topological polar surface area (TPSA) is 30.7 Å². The summed E-state index contributed by atoms with van der Waals surface area (Å²) >= 11 is 0. The Balaban J connectivity index is 0.00000364. The van der Waals surface area contributed by atoms with Crippen LogP contribution >= 0.6 is 0 Å². The van der Waals surface area contributed by atoms with Crippen molar-refractivity contribution in [3.05, 3.63) is 184 Å². The standard InChI is InChI=1S/C44H36N3.Ir/c1-28-22-29(2)26-34(25-28)42-45-43(47(46-42)41-31(4)23-30(3)24-32(41)5)33-14-13-17-36(27-33)44(35-15-7-6-8-16-35)39-20-11-9-18-37(39)38-19-10-12-21-40(38)44;/h6-13,15-27H,1-5H3;/q-1;. The molecule has 0 saturated heterocycles. The summed E-state index contributed by atoms with van der Waals surface area (Å²) in [6.07, 6.45) is 0. The monoisotopic (exact) mass is 799 g/mol. The second-order valence-electron chi connectivity index (χ2n) is 13.0. The van der Waals surface area contributed by atoms with Crippen molar-refractivity contribution in [1.82, 2.24) is 14.8 Å². The number of rotatable bonds is 5. The Kier molecular flexibility index (Phi) is 8.11. The predicted molar refractivity (Wildman–Crippen MR) is 192 cm³/mol. The fourth-order valence-corrected chi connectivity index (χ4v) is 7.92. The molecule has 0 spiro atoms. The maximum absolute atomic E-state index is 5.29. The number of nitrogens with zero attached hydrogens (tertiary/aromatic N) is 3. The minimum Gasteiger partial charge on any atom is -0.257 e. The predicted octanol–water partition coefficient (Wildman–Crippen LogP) is 10.3. The van der Waals surface area contributed by atoms with Gasteiger partial charge in [0.1, 0.15) is 0 Å². The Bertz CT molecular complexity index is 2230. The van der Waals surface area contributed by atoms with Crippen molar-refractivity contribution in [3.8, 4) is 39.6 Å². The van der Waals surface area contributed by atoms with E-state index in [1.165, 1.54) is 50.1 Å². The minimum atomic E-state index is -0.505. The molecule has 6 aromatic carbocycles. The van der Waals surface area contributed by atoms with E-state index < -0.39 is 5.41 Å². The molecule has 1 aliphatic rings. The Morgan fingerprint density at radius 1 is 0.583 bits per heavy atom. The second-order valence-corrected chi connectivity index (χ2v) is 13.0. The molecule has 8 rings (SSSR count). The molecule has 0 aliphatic heterocycles. The van der Waals surface area contributed by atoms with Gasteiger partial charge in [0.2, 0.25) is 0 Å². The molecule has 0 saturated carbocycles. The zero-order valence-corrected chi connectivity index (χ0v) is 30.2. The van der Waals surface area contributed by atoms with Crippen LogP contribution in [0.5, 0.6) is 0 Å². The van der Waals surface area contributed by atoms with Crippen LogP contribution < -0.4 is 0 Å². The molecule has 1 heterocycles. The van der Waals surface area contributed by atoms with Crippen molar-refractivity contribution in [2.24, 2.45) is 0 Å². The molecule has 237 valence electrons. The fourth-order valence-electron chi connectivity index (χ4n) is 7.92. The van der Waals surface area contributed by atoms with Gasteiger partial charge in [-0.2, -0.15) is 5.10 Å². The van der Waals surface area contributed by atoms with Crippen LogP contribution in [0.4, 0.5) is 0 Å². The summed E-state index contributed by atoms with van der Waals surface area (Å²) in [7, 11) is 0. The van der Waals surface area contributed by atoms with Crippen LogP contribution in [0.25, 0.3) is 39.6 Å². The van der Waals surface area contributed by atoms with E-state index in [0.29, 0.717) is 5.82 Å². The van der Waals surface area contributed by atoms with Gasteiger partial charge in [-0.15, -0.1) is 35.4 Å². The van der Waals surface area contributed by atoms with Crippen LogP contribution in [0.15, 0.2) is 127 Å².